The summed E-state index contributed by atoms with van der Waals surface area (Å²) < 4.78 is 0. The van der Waals surface area contributed by atoms with Crippen LogP contribution in [-0.4, -0.2) is 23.9 Å². The summed E-state index contributed by atoms with van der Waals surface area (Å²) in [5, 5.41) is 3.11. The van der Waals surface area contributed by atoms with Gasteiger partial charge < -0.3 is 5.32 Å². The predicted molar refractivity (Wildman–Crippen MR) is 112 cm³/mol. The quantitative estimate of drug-likeness (QED) is 0.772. The second-order valence-electron chi connectivity index (χ2n) is 7.68. The molecule has 1 aliphatic rings. The van der Waals surface area contributed by atoms with Gasteiger partial charge in [0.05, 0.1) is 6.04 Å². The van der Waals surface area contributed by atoms with E-state index >= 15 is 0 Å². The van der Waals surface area contributed by atoms with Crippen LogP contribution in [-0.2, 0) is 13.0 Å². The molecule has 0 bridgehead atoms. The molecular weight excluding hydrogens is 332 g/mol. The maximum Gasteiger partial charge on any atom is 0.251 e. The van der Waals surface area contributed by atoms with Crippen molar-refractivity contribution in [2.45, 2.75) is 58.5 Å². The molecule has 2 aromatic carbocycles. The van der Waals surface area contributed by atoms with E-state index in [0.29, 0.717) is 0 Å². The first-order valence-corrected chi connectivity index (χ1v) is 10.4. The zero-order valence-corrected chi connectivity index (χ0v) is 16.7. The van der Waals surface area contributed by atoms with Crippen molar-refractivity contribution < 1.29 is 4.79 Å². The molecule has 1 unspecified atom stereocenters. The third-order valence-corrected chi connectivity index (χ3v) is 5.56. The minimum atomic E-state index is -0.0107. The Balaban J connectivity index is 1.56. The van der Waals surface area contributed by atoms with Gasteiger partial charge >= 0.3 is 0 Å². The molecule has 0 aromatic heterocycles. The SMILES string of the molecule is CCc1ccc(C(C)NC(=O)c2ccc(CN3CCCCCC3)cc2)cc1. The van der Waals surface area contributed by atoms with Gasteiger partial charge in [0.1, 0.15) is 0 Å². The number of aryl methyl sites for hydroxylation is 1. The highest BCUT2D eigenvalue weighted by Gasteiger charge is 2.13. The summed E-state index contributed by atoms with van der Waals surface area (Å²) in [6, 6.07) is 16.6. The van der Waals surface area contributed by atoms with Crippen molar-refractivity contribution in [3.05, 3.63) is 70.8 Å². The lowest BCUT2D eigenvalue weighted by Gasteiger charge is -2.20. The number of likely N-dealkylation sites (tertiary alicyclic amines) is 1. The van der Waals surface area contributed by atoms with Gasteiger partial charge in [0.15, 0.2) is 0 Å². The molecule has 3 heteroatoms. The number of rotatable bonds is 6. The van der Waals surface area contributed by atoms with Crippen molar-refractivity contribution in [1.82, 2.24) is 10.2 Å². The van der Waals surface area contributed by atoms with Gasteiger partial charge in [-0.05, 0) is 68.1 Å². The van der Waals surface area contributed by atoms with Crippen LogP contribution in [0.1, 0.15) is 72.6 Å². The number of carbonyl (C=O) groups excluding carboxylic acids is 1. The molecule has 1 N–H and O–H groups in total. The maximum absolute atomic E-state index is 12.6. The maximum atomic E-state index is 12.6. The van der Waals surface area contributed by atoms with E-state index in [1.807, 2.05) is 19.1 Å². The van der Waals surface area contributed by atoms with Gasteiger partial charge in [-0.3, -0.25) is 9.69 Å². The molecule has 1 saturated heterocycles. The normalized spacial score (nSPS) is 16.5. The van der Waals surface area contributed by atoms with Crippen LogP contribution < -0.4 is 5.32 Å². The van der Waals surface area contributed by atoms with E-state index < -0.39 is 0 Å². The molecule has 1 amide bonds. The van der Waals surface area contributed by atoms with Crippen LogP contribution in [0.5, 0.6) is 0 Å². The van der Waals surface area contributed by atoms with Gasteiger partial charge in [0, 0.05) is 12.1 Å². The van der Waals surface area contributed by atoms with E-state index in [9.17, 15) is 4.79 Å². The van der Waals surface area contributed by atoms with Crippen molar-refractivity contribution >= 4 is 5.91 Å². The minimum absolute atomic E-state index is 0.000169. The average Bonchev–Trinajstić information content (AvgIpc) is 2.97. The van der Waals surface area contributed by atoms with Gasteiger partial charge in [-0.2, -0.15) is 0 Å². The fourth-order valence-electron chi connectivity index (χ4n) is 3.72. The summed E-state index contributed by atoms with van der Waals surface area (Å²) >= 11 is 0. The summed E-state index contributed by atoms with van der Waals surface area (Å²) in [5.74, 6) is -0.0107. The standard InChI is InChI=1S/C24H32N2O/c1-3-20-8-12-22(13-9-20)19(2)25-24(27)23-14-10-21(11-15-23)18-26-16-6-4-5-7-17-26/h8-15,19H,3-7,16-18H2,1-2H3,(H,25,27). The van der Waals surface area contributed by atoms with E-state index in [1.54, 1.807) is 0 Å². The van der Waals surface area contributed by atoms with Gasteiger partial charge in [-0.1, -0.05) is 56.2 Å². The third kappa shape index (κ3) is 5.67. The summed E-state index contributed by atoms with van der Waals surface area (Å²) in [4.78, 5) is 15.1. The van der Waals surface area contributed by atoms with Crippen molar-refractivity contribution in [2.24, 2.45) is 0 Å². The van der Waals surface area contributed by atoms with E-state index in [1.165, 1.54) is 49.9 Å². The molecule has 1 aliphatic heterocycles. The first-order valence-electron chi connectivity index (χ1n) is 10.4. The smallest absolute Gasteiger partial charge is 0.251 e. The van der Waals surface area contributed by atoms with Crippen LogP contribution >= 0.6 is 0 Å². The van der Waals surface area contributed by atoms with Crippen LogP contribution in [0.4, 0.5) is 0 Å². The second kappa shape index (κ2) is 9.70. The Labute approximate surface area is 163 Å². The van der Waals surface area contributed by atoms with Crippen LogP contribution in [0.15, 0.2) is 48.5 Å². The lowest BCUT2D eigenvalue weighted by molar-refractivity contribution is 0.0940. The first kappa shape index (κ1) is 19.6. The van der Waals surface area contributed by atoms with Crippen LogP contribution in [0.2, 0.25) is 0 Å². The Morgan fingerprint density at radius 2 is 1.52 bits per heavy atom. The van der Waals surface area contributed by atoms with Crippen molar-refractivity contribution in [1.29, 1.82) is 0 Å². The van der Waals surface area contributed by atoms with E-state index in [-0.39, 0.29) is 11.9 Å². The molecule has 27 heavy (non-hydrogen) atoms. The van der Waals surface area contributed by atoms with Gasteiger partial charge in [0.2, 0.25) is 0 Å². The topological polar surface area (TPSA) is 32.3 Å². The number of carbonyl (C=O) groups is 1. The Morgan fingerprint density at radius 3 is 2.11 bits per heavy atom. The lowest BCUT2D eigenvalue weighted by Crippen LogP contribution is -2.27. The largest absolute Gasteiger partial charge is 0.346 e. The highest BCUT2D eigenvalue weighted by molar-refractivity contribution is 5.94. The highest BCUT2D eigenvalue weighted by Crippen LogP contribution is 2.16. The number of hydrogen-bond acceptors (Lipinski definition) is 2. The number of amides is 1. The molecule has 0 spiro atoms. The minimum Gasteiger partial charge on any atom is -0.346 e. The Bertz CT molecular complexity index is 713. The average molecular weight is 365 g/mol. The summed E-state index contributed by atoms with van der Waals surface area (Å²) in [5.41, 5.74) is 4.47. The van der Waals surface area contributed by atoms with Crippen molar-refractivity contribution in [3.63, 3.8) is 0 Å². The molecule has 1 atom stereocenters. The fraction of sp³-hybridized carbons (Fsp3) is 0.458. The van der Waals surface area contributed by atoms with Crippen molar-refractivity contribution in [3.8, 4) is 0 Å². The molecule has 144 valence electrons. The number of nitrogens with one attached hydrogen (secondary N) is 1. The lowest BCUT2D eigenvalue weighted by atomic mass is 10.0. The predicted octanol–water partition coefficient (Wildman–Crippen LogP) is 5.12. The first-order chi connectivity index (χ1) is 13.2. The molecule has 3 nitrogen and oxygen atoms in total. The van der Waals surface area contributed by atoms with Crippen LogP contribution in [0.3, 0.4) is 0 Å². The van der Waals surface area contributed by atoms with Crippen molar-refractivity contribution in [2.75, 3.05) is 13.1 Å². The number of benzene rings is 2. The monoisotopic (exact) mass is 364 g/mol. The van der Waals surface area contributed by atoms with E-state index in [2.05, 4.69) is 53.5 Å². The number of hydrogen-bond donors (Lipinski definition) is 1. The van der Waals surface area contributed by atoms with Gasteiger partial charge in [-0.25, -0.2) is 0 Å². The Morgan fingerprint density at radius 1 is 0.926 bits per heavy atom. The number of nitrogens with zero attached hydrogens (tertiary/aromatic N) is 1. The third-order valence-electron chi connectivity index (χ3n) is 5.56. The van der Waals surface area contributed by atoms with E-state index in [4.69, 9.17) is 0 Å². The second-order valence-corrected chi connectivity index (χ2v) is 7.68. The molecule has 1 fully saturated rings. The molecular formula is C24H32N2O. The van der Waals surface area contributed by atoms with Gasteiger partial charge in [0.25, 0.3) is 5.91 Å². The molecule has 1 heterocycles. The summed E-state index contributed by atoms with van der Waals surface area (Å²) in [6.07, 6.45) is 6.35. The zero-order valence-electron chi connectivity index (χ0n) is 16.7. The summed E-state index contributed by atoms with van der Waals surface area (Å²) in [6.45, 7) is 7.55. The fourth-order valence-corrected chi connectivity index (χ4v) is 3.72. The molecule has 2 aromatic rings. The summed E-state index contributed by atoms with van der Waals surface area (Å²) in [7, 11) is 0. The van der Waals surface area contributed by atoms with Crippen LogP contribution in [0.25, 0.3) is 0 Å². The Hall–Kier alpha value is -2.13. The van der Waals surface area contributed by atoms with Gasteiger partial charge in [-0.15, -0.1) is 0 Å². The molecule has 0 saturated carbocycles. The van der Waals surface area contributed by atoms with Crippen LogP contribution in [0, 0.1) is 0 Å². The zero-order chi connectivity index (χ0) is 19.1. The highest BCUT2D eigenvalue weighted by atomic mass is 16.1. The molecule has 0 radical (unpaired) electrons. The van der Waals surface area contributed by atoms with E-state index in [0.717, 1.165) is 24.1 Å². The molecule has 0 aliphatic carbocycles. The molecule has 3 rings (SSSR count). The Kier molecular flexibility index (Phi) is 7.05.